The summed E-state index contributed by atoms with van der Waals surface area (Å²) in [6.07, 6.45) is 0. The highest BCUT2D eigenvalue weighted by atomic mass is 35.7. The Balaban J connectivity index is 3.06. The van der Waals surface area contributed by atoms with Crippen LogP contribution in [0.3, 0.4) is 0 Å². The van der Waals surface area contributed by atoms with Crippen LogP contribution in [-0.4, -0.2) is 29.7 Å². The lowest BCUT2D eigenvalue weighted by Crippen LogP contribution is -2.28. The molecule has 6 nitrogen and oxygen atoms in total. The molecule has 0 spiro atoms. The number of hydrogen-bond donors (Lipinski definition) is 1. The van der Waals surface area contributed by atoms with Gasteiger partial charge in [0.1, 0.15) is 10.6 Å². The fourth-order valence-corrected chi connectivity index (χ4v) is 2.81. The number of nitrogens with one attached hydrogen (secondary N) is 1. The van der Waals surface area contributed by atoms with E-state index < -0.39 is 31.4 Å². The van der Waals surface area contributed by atoms with Crippen LogP contribution in [0, 0.1) is 0 Å². The van der Waals surface area contributed by atoms with Gasteiger partial charge < -0.3 is 4.74 Å². The summed E-state index contributed by atoms with van der Waals surface area (Å²) in [6, 6.07) is 3.59. The van der Waals surface area contributed by atoms with Crippen LogP contribution in [0.4, 0.5) is 8.78 Å². The van der Waals surface area contributed by atoms with Crippen LogP contribution < -0.4 is 9.46 Å². The predicted molar refractivity (Wildman–Crippen MR) is 67.8 cm³/mol. The summed E-state index contributed by atoms with van der Waals surface area (Å²) in [7, 11) is -2.46. The van der Waals surface area contributed by atoms with Crippen molar-refractivity contribution in [2.75, 3.05) is 7.11 Å². The Kier molecular flexibility index (Phi) is 5.30. The molecule has 0 saturated heterocycles. The van der Waals surface area contributed by atoms with Crippen LogP contribution in [0.15, 0.2) is 23.1 Å². The molecule has 1 aromatic carbocycles. The van der Waals surface area contributed by atoms with Gasteiger partial charge in [0.25, 0.3) is 19.1 Å². The van der Waals surface area contributed by atoms with E-state index in [9.17, 15) is 25.6 Å². The number of ether oxygens (including phenoxy) is 1. The van der Waals surface area contributed by atoms with Crippen molar-refractivity contribution in [1.82, 2.24) is 4.72 Å². The Hall–Kier alpha value is -0.970. The van der Waals surface area contributed by atoms with E-state index in [1.54, 1.807) is 4.72 Å². The molecule has 1 rings (SSSR count). The van der Waals surface area contributed by atoms with Crippen LogP contribution in [-0.2, 0) is 25.6 Å². The summed E-state index contributed by atoms with van der Waals surface area (Å²) in [5.74, 6) is -3.61. The second kappa shape index (κ2) is 6.20. The SMILES string of the molecule is COc1ccc(CNS(=O)(=O)C(F)F)cc1S(=O)(=O)Cl. The molecule has 20 heavy (non-hydrogen) atoms. The minimum Gasteiger partial charge on any atom is -0.495 e. The summed E-state index contributed by atoms with van der Waals surface area (Å²) < 4.78 is 75.0. The molecule has 0 aliphatic carbocycles. The second-order valence-electron chi connectivity index (χ2n) is 3.55. The molecule has 0 radical (unpaired) electrons. The van der Waals surface area contributed by atoms with Crippen molar-refractivity contribution in [3.8, 4) is 5.75 Å². The number of halogens is 3. The standard InChI is InChI=1S/C9H10ClF2NO5S2/c1-18-7-3-2-6(4-8(7)19(10,14)15)5-13-20(16,17)9(11)12/h2-4,9,13H,5H2,1H3. The molecule has 11 heteroatoms. The number of rotatable bonds is 6. The Labute approximate surface area is 119 Å². The molecule has 0 aliphatic heterocycles. The first kappa shape index (κ1) is 17.1. The average molecular weight is 350 g/mol. The molecular formula is C9H10ClF2NO5S2. The van der Waals surface area contributed by atoms with Crippen LogP contribution in [0.25, 0.3) is 0 Å². The van der Waals surface area contributed by atoms with Crippen molar-refractivity contribution in [1.29, 1.82) is 0 Å². The van der Waals surface area contributed by atoms with E-state index in [-0.39, 0.29) is 16.2 Å². The zero-order valence-corrected chi connectivity index (χ0v) is 12.4. The fourth-order valence-electron chi connectivity index (χ4n) is 1.27. The van der Waals surface area contributed by atoms with Crippen LogP contribution in [0.5, 0.6) is 5.75 Å². The van der Waals surface area contributed by atoms with Gasteiger partial charge in [-0.15, -0.1) is 0 Å². The monoisotopic (exact) mass is 349 g/mol. The normalized spacial score (nSPS) is 12.7. The maximum Gasteiger partial charge on any atom is 0.350 e. The lowest BCUT2D eigenvalue weighted by Gasteiger charge is -2.09. The molecule has 0 saturated carbocycles. The van der Waals surface area contributed by atoms with E-state index in [1.165, 1.54) is 19.2 Å². The highest BCUT2D eigenvalue weighted by Gasteiger charge is 2.23. The number of hydrogen-bond acceptors (Lipinski definition) is 5. The van der Waals surface area contributed by atoms with E-state index >= 15 is 0 Å². The minimum atomic E-state index is -4.76. The number of methoxy groups -OCH3 is 1. The van der Waals surface area contributed by atoms with Gasteiger partial charge in [0, 0.05) is 17.2 Å². The second-order valence-corrected chi connectivity index (χ2v) is 7.82. The summed E-state index contributed by atoms with van der Waals surface area (Å²) in [4.78, 5) is -0.379. The summed E-state index contributed by atoms with van der Waals surface area (Å²) in [6.45, 7) is -0.504. The predicted octanol–water partition coefficient (Wildman–Crippen LogP) is 1.26. The third-order valence-electron chi connectivity index (χ3n) is 2.20. The zero-order valence-electron chi connectivity index (χ0n) is 10.0. The van der Waals surface area contributed by atoms with Gasteiger partial charge in [0.15, 0.2) is 0 Å². The first-order chi connectivity index (χ1) is 9.08. The Morgan fingerprint density at radius 3 is 2.35 bits per heavy atom. The van der Waals surface area contributed by atoms with Crippen molar-refractivity contribution >= 4 is 29.8 Å². The Bertz CT molecular complexity index is 690. The largest absolute Gasteiger partial charge is 0.495 e. The fraction of sp³-hybridized carbons (Fsp3) is 0.333. The zero-order chi connectivity index (χ0) is 15.6. The molecule has 0 amide bonds. The van der Waals surface area contributed by atoms with Crippen molar-refractivity contribution in [3.05, 3.63) is 23.8 Å². The molecule has 0 fully saturated rings. The highest BCUT2D eigenvalue weighted by Crippen LogP contribution is 2.27. The molecule has 0 aliphatic rings. The topological polar surface area (TPSA) is 89.5 Å². The quantitative estimate of drug-likeness (QED) is 0.781. The van der Waals surface area contributed by atoms with E-state index in [2.05, 4.69) is 0 Å². The van der Waals surface area contributed by atoms with Gasteiger partial charge >= 0.3 is 5.76 Å². The maximum atomic E-state index is 12.1. The third kappa shape index (κ3) is 4.27. The molecule has 114 valence electrons. The third-order valence-corrected chi connectivity index (χ3v) is 4.56. The smallest absolute Gasteiger partial charge is 0.350 e. The van der Waals surface area contributed by atoms with E-state index in [0.717, 1.165) is 6.07 Å². The molecular weight excluding hydrogens is 340 g/mol. The van der Waals surface area contributed by atoms with Crippen molar-refractivity contribution in [3.63, 3.8) is 0 Å². The van der Waals surface area contributed by atoms with Gasteiger partial charge in [0.2, 0.25) is 0 Å². The van der Waals surface area contributed by atoms with E-state index in [0.29, 0.717) is 0 Å². The van der Waals surface area contributed by atoms with Gasteiger partial charge in [-0.3, -0.25) is 0 Å². The van der Waals surface area contributed by atoms with Crippen molar-refractivity contribution < 1.29 is 30.4 Å². The van der Waals surface area contributed by atoms with Crippen LogP contribution in [0.2, 0.25) is 0 Å². The lowest BCUT2D eigenvalue weighted by atomic mass is 10.2. The maximum absolute atomic E-state index is 12.1. The lowest BCUT2D eigenvalue weighted by molar-refractivity contribution is 0.232. The van der Waals surface area contributed by atoms with Crippen molar-refractivity contribution in [2.45, 2.75) is 17.2 Å². The molecule has 1 aromatic rings. The first-order valence-corrected chi connectivity index (χ1v) is 8.81. The molecule has 0 heterocycles. The highest BCUT2D eigenvalue weighted by molar-refractivity contribution is 8.13. The molecule has 0 bridgehead atoms. The summed E-state index contributed by atoms with van der Waals surface area (Å²) in [5, 5.41) is 0. The van der Waals surface area contributed by atoms with E-state index in [4.69, 9.17) is 15.4 Å². The molecule has 0 unspecified atom stereocenters. The summed E-state index contributed by atoms with van der Waals surface area (Å²) in [5.41, 5.74) is 0.134. The van der Waals surface area contributed by atoms with Gasteiger partial charge in [-0.1, -0.05) is 6.07 Å². The molecule has 0 aromatic heterocycles. The van der Waals surface area contributed by atoms with Crippen LogP contribution in [0.1, 0.15) is 5.56 Å². The summed E-state index contributed by atoms with van der Waals surface area (Å²) >= 11 is 0. The van der Waals surface area contributed by atoms with Gasteiger partial charge in [-0.25, -0.2) is 21.6 Å². The van der Waals surface area contributed by atoms with E-state index in [1.807, 2.05) is 0 Å². The van der Waals surface area contributed by atoms with Gasteiger partial charge in [-0.2, -0.15) is 8.78 Å². The van der Waals surface area contributed by atoms with Gasteiger partial charge in [0.05, 0.1) is 7.11 Å². The minimum absolute atomic E-state index is 0.0412. The average Bonchev–Trinajstić information content (AvgIpc) is 2.35. The Morgan fingerprint density at radius 1 is 1.30 bits per heavy atom. The molecule has 1 N–H and O–H groups in total. The Morgan fingerprint density at radius 2 is 1.90 bits per heavy atom. The first-order valence-electron chi connectivity index (χ1n) is 4.96. The van der Waals surface area contributed by atoms with Gasteiger partial charge in [-0.05, 0) is 17.7 Å². The molecule has 0 atom stereocenters. The number of alkyl halides is 2. The number of benzene rings is 1. The van der Waals surface area contributed by atoms with Crippen molar-refractivity contribution in [2.24, 2.45) is 0 Å². The number of sulfonamides is 1. The van der Waals surface area contributed by atoms with Crippen LogP contribution >= 0.6 is 10.7 Å².